The van der Waals surface area contributed by atoms with Crippen LogP contribution in [0.5, 0.6) is 0 Å². The lowest BCUT2D eigenvalue weighted by Crippen LogP contribution is -2.26. The van der Waals surface area contributed by atoms with Crippen LogP contribution in [0.25, 0.3) is 0 Å². The summed E-state index contributed by atoms with van der Waals surface area (Å²) in [5.41, 5.74) is 2.10. The first-order valence-electron chi connectivity index (χ1n) is 6.01. The Morgan fingerprint density at radius 2 is 2.33 bits per heavy atom. The van der Waals surface area contributed by atoms with Gasteiger partial charge in [-0.1, -0.05) is 13.3 Å². The van der Waals surface area contributed by atoms with Crippen molar-refractivity contribution < 1.29 is 0 Å². The predicted octanol–water partition coefficient (Wildman–Crippen LogP) is 3.98. The monoisotopic (exact) mass is 223 g/mol. The third kappa shape index (κ3) is 2.82. The van der Waals surface area contributed by atoms with Crippen LogP contribution in [0.2, 0.25) is 0 Å². The van der Waals surface area contributed by atoms with Gasteiger partial charge < -0.3 is 5.32 Å². The van der Waals surface area contributed by atoms with Crippen LogP contribution >= 0.6 is 11.3 Å². The van der Waals surface area contributed by atoms with Crippen molar-refractivity contribution in [2.45, 2.75) is 45.6 Å². The molecule has 1 N–H and O–H groups in total. The minimum atomic E-state index is 0.519. The molecular formula is C13H21NS. The number of rotatable bonds is 6. The first-order chi connectivity index (χ1) is 7.26. The van der Waals surface area contributed by atoms with E-state index in [9.17, 15) is 0 Å². The molecule has 0 amide bonds. The van der Waals surface area contributed by atoms with Crippen LogP contribution in [0.1, 0.15) is 51.1 Å². The maximum Gasteiger partial charge on any atom is 0.0300 e. The average molecular weight is 223 g/mol. The van der Waals surface area contributed by atoms with E-state index in [0.717, 1.165) is 0 Å². The molecule has 1 aliphatic carbocycles. The second-order valence-electron chi connectivity index (χ2n) is 4.91. The SMILES string of the molecule is CCCC1(CNC(C)c2ccsc2)CC1. The van der Waals surface area contributed by atoms with E-state index >= 15 is 0 Å². The Labute approximate surface area is 96.9 Å². The highest BCUT2D eigenvalue weighted by atomic mass is 32.1. The minimum absolute atomic E-state index is 0.519. The Hall–Kier alpha value is -0.340. The highest BCUT2D eigenvalue weighted by Crippen LogP contribution is 2.49. The third-order valence-electron chi connectivity index (χ3n) is 3.56. The van der Waals surface area contributed by atoms with E-state index in [4.69, 9.17) is 0 Å². The van der Waals surface area contributed by atoms with Crippen molar-refractivity contribution in [3.63, 3.8) is 0 Å². The smallest absolute Gasteiger partial charge is 0.0300 e. The summed E-state index contributed by atoms with van der Waals surface area (Å²) < 4.78 is 0. The van der Waals surface area contributed by atoms with Crippen LogP contribution in [0.4, 0.5) is 0 Å². The molecule has 0 saturated heterocycles. The van der Waals surface area contributed by atoms with Crippen LogP contribution in [-0.4, -0.2) is 6.54 Å². The van der Waals surface area contributed by atoms with E-state index in [0.29, 0.717) is 11.5 Å². The highest BCUT2D eigenvalue weighted by Gasteiger charge is 2.41. The van der Waals surface area contributed by atoms with Gasteiger partial charge in [0.1, 0.15) is 0 Å². The van der Waals surface area contributed by atoms with Crippen molar-refractivity contribution in [3.8, 4) is 0 Å². The van der Waals surface area contributed by atoms with Crippen molar-refractivity contribution >= 4 is 11.3 Å². The first kappa shape index (κ1) is 11.2. The average Bonchev–Trinajstić information content (AvgIpc) is 2.81. The number of hydrogen-bond donors (Lipinski definition) is 1. The van der Waals surface area contributed by atoms with Crippen LogP contribution in [0.15, 0.2) is 16.8 Å². The molecule has 0 aliphatic heterocycles. The van der Waals surface area contributed by atoms with Crippen molar-refractivity contribution in [2.75, 3.05) is 6.54 Å². The van der Waals surface area contributed by atoms with Crippen LogP contribution in [0, 0.1) is 5.41 Å². The molecule has 1 heterocycles. The van der Waals surface area contributed by atoms with Gasteiger partial charge in [-0.25, -0.2) is 0 Å². The lowest BCUT2D eigenvalue weighted by Gasteiger charge is -2.19. The number of hydrogen-bond acceptors (Lipinski definition) is 2. The molecule has 0 spiro atoms. The molecule has 1 aromatic rings. The minimum Gasteiger partial charge on any atom is -0.310 e. The zero-order valence-electron chi connectivity index (χ0n) is 9.75. The Bertz CT molecular complexity index is 287. The zero-order chi connectivity index (χ0) is 10.7. The third-order valence-corrected chi connectivity index (χ3v) is 4.27. The van der Waals surface area contributed by atoms with Gasteiger partial charge in [-0.3, -0.25) is 0 Å². The summed E-state index contributed by atoms with van der Waals surface area (Å²) in [5, 5.41) is 8.09. The Kier molecular flexibility index (Phi) is 3.47. The molecule has 0 bridgehead atoms. The fraction of sp³-hybridized carbons (Fsp3) is 0.692. The molecule has 0 radical (unpaired) electrons. The summed E-state index contributed by atoms with van der Waals surface area (Å²) in [6.45, 7) is 5.77. The molecular weight excluding hydrogens is 202 g/mol. The second kappa shape index (κ2) is 4.67. The molecule has 1 aromatic heterocycles. The Morgan fingerprint density at radius 1 is 1.53 bits per heavy atom. The van der Waals surface area contributed by atoms with Crippen LogP contribution in [-0.2, 0) is 0 Å². The normalized spacial score (nSPS) is 20.1. The van der Waals surface area contributed by atoms with E-state index in [-0.39, 0.29) is 0 Å². The van der Waals surface area contributed by atoms with Crippen molar-refractivity contribution in [3.05, 3.63) is 22.4 Å². The van der Waals surface area contributed by atoms with E-state index < -0.39 is 0 Å². The summed E-state index contributed by atoms with van der Waals surface area (Å²) in [6, 6.07) is 2.74. The van der Waals surface area contributed by atoms with Crippen molar-refractivity contribution in [1.29, 1.82) is 0 Å². The maximum atomic E-state index is 3.68. The molecule has 2 rings (SSSR count). The molecule has 15 heavy (non-hydrogen) atoms. The molecule has 1 atom stereocenters. The fourth-order valence-corrected chi connectivity index (χ4v) is 2.99. The molecule has 1 saturated carbocycles. The highest BCUT2D eigenvalue weighted by molar-refractivity contribution is 7.07. The Morgan fingerprint density at radius 3 is 2.87 bits per heavy atom. The molecule has 1 aliphatic rings. The van der Waals surface area contributed by atoms with E-state index in [1.165, 1.54) is 37.8 Å². The van der Waals surface area contributed by atoms with Gasteiger partial charge in [-0.05, 0) is 54.0 Å². The van der Waals surface area contributed by atoms with Crippen LogP contribution in [0.3, 0.4) is 0 Å². The van der Waals surface area contributed by atoms with Gasteiger partial charge in [0.15, 0.2) is 0 Å². The first-order valence-corrected chi connectivity index (χ1v) is 6.95. The van der Waals surface area contributed by atoms with Crippen molar-refractivity contribution in [1.82, 2.24) is 5.32 Å². The lowest BCUT2D eigenvalue weighted by atomic mass is 10.00. The molecule has 84 valence electrons. The Balaban J connectivity index is 1.78. The van der Waals surface area contributed by atoms with E-state index in [2.05, 4.69) is 36.0 Å². The quantitative estimate of drug-likeness (QED) is 0.769. The van der Waals surface area contributed by atoms with Gasteiger partial charge in [0.25, 0.3) is 0 Å². The maximum absolute atomic E-state index is 3.68. The summed E-state index contributed by atoms with van der Waals surface area (Å²) in [5.74, 6) is 0. The molecule has 1 unspecified atom stereocenters. The van der Waals surface area contributed by atoms with Crippen molar-refractivity contribution in [2.24, 2.45) is 5.41 Å². The fourth-order valence-electron chi connectivity index (χ4n) is 2.23. The van der Waals surface area contributed by atoms with Gasteiger partial charge >= 0.3 is 0 Å². The molecule has 1 fully saturated rings. The standard InChI is InChI=1S/C13H21NS/c1-3-5-13(6-7-13)10-14-11(2)12-4-8-15-9-12/h4,8-9,11,14H,3,5-7,10H2,1-2H3. The van der Waals surface area contributed by atoms with Gasteiger partial charge in [-0.2, -0.15) is 11.3 Å². The summed E-state index contributed by atoms with van der Waals surface area (Å²) >= 11 is 1.79. The lowest BCUT2D eigenvalue weighted by molar-refractivity contribution is 0.397. The van der Waals surface area contributed by atoms with Gasteiger partial charge in [-0.15, -0.1) is 0 Å². The summed E-state index contributed by atoms with van der Waals surface area (Å²) in [6.07, 6.45) is 5.60. The van der Waals surface area contributed by atoms with Gasteiger partial charge in [0.2, 0.25) is 0 Å². The second-order valence-corrected chi connectivity index (χ2v) is 5.69. The van der Waals surface area contributed by atoms with E-state index in [1.54, 1.807) is 11.3 Å². The topological polar surface area (TPSA) is 12.0 Å². The summed E-state index contributed by atoms with van der Waals surface area (Å²) in [4.78, 5) is 0. The molecule has 0 aromatic carbocycles. The molecule has 2 heteroatoms. The van der Waals surface area contributed by atoms with Crippen LogP contribution < -0.4 is 5.32 Å². The van der Waals surface area contributed by atoms with E-state index in [1.807, 2.05) is 0 Å². The number of thiophene rings is 1. The van der Waals surface area contributed by atoms with Gasteiger partial charge in [0.05, 0.1) is 0 Å². The predicted molar refractivity (Wildman–Crippen MR) is 67.3 cm³/mol. The largest absolute Gasteiger partial charge is 0.310 e. The zero-order valence-corrected chi connectivity index (χ0v) is 10.6. The molecule has 1 nitrogen and oxygen atoms in total. The summed E-state index contributed by atoms with van der Waals surface area (Å²) in [7, 11) is 0. The van der Waals surface area contributed by atoms with Gasteiger partial charge in [0, 0.05) is 12.6 Å². The number of nitrogens with one attached hydrogen (secondary N) is 1.